The molecule has 0 saturated carbocycles. The third-order valence-electron chi connectivity index (χ3n) is 4.38. The summed E-state index contributed by atoms with van der Waals surface area (Å²) in [5.74, 6) is 0.764. The zero-order valence-electron chi connectivity index (χ0n) is 16.9. The Bertz CT molecular complexity index is 687. The van der Waals surface area contributed by atoms with Gasteiger partial charge in [0.2, 0.25) is 5.91 Å². The fraction of sp³-hybridized carbons (Fsp3) is 0.500. The molecule has 28 heavy (non-hydrogen) atoms. The Balaban J connectivity index is 0.00000392. The third kappa shape index (κ3) is 8.36. The molecule has 0 aromatic heterocycles. The van der Waals surface area contributed by atoms with Gasteiger partial charge in [-0.1, -0.05) is 35.9 Å². The summed E-state index contributed by atoms with van der Waals surface area (Å²) in [7, 11) is 3.49. The molecule has 6 nitrogen and oxygen atoms in total. The minimum absolute atomic E-state index is 0. The van der Waals surface area contributed by atoms with Gasteiger partial charge in [0.05, 0.1) is 0 Å². The van der Waals surface area contributed by atoms with Gasteiger partial charge in [-0.3, -0.25) is 9.69 Å². The fourth-order valence-electron chi connectivity index (χ4n) is 2.79. The molecular formula is C20H31ClIN5O. The van der Waals surface area contributed by atoms with E-state index in [-0.39, 0.29) is 36.4 Å². The van der Waals surface area contributed by atoms with Gasteiger partial charge in [-0.05, 0) is 24.6 Å². The molecule has 1 aliphatic heterocycles. The lowest BCUT2D eigenvalue weighted by Crippen LogP contribution is -2.52. The Morgan fingerprint density at radius 2 is 1.96 bits per heavy atom. The van der Waals surface area contributed by atoms with Crippen molar-refractivity contribution in [1.29, 1.82) is 0 Å². The van der Waals surface area contributed by atoms with Gasteiger partial charge in [-0.25, -0.2) is 4.99 Å². The Morgan fingerprint density at radius 3 is 2.54 bits per heavy atom. The summed E-state index contributed by atoms with van der Waals surface area (Å²) in [5.41, 5.74) is 2.25. The van der Waals surface area contributed by atoms with Crippen molar-refractivity contribution in [3.05, 3.63) is 47.0 Å². The summed E-state index contributed by atoms with van der Waals surface area (Å²) in [6.07, 6.45) is 0. The SMILES string of the molecule is C=C(C)CNC(=NCC(=O)N(C)C)N1CCN(Cc2cccc(Cl)c2)CC1.I. The van der Waals surface area contributed by atoms with Crippen LogP contribution in [0.5, 0.6) is 0 Å². The summed E-state index contributed by atoms with van der Waals surface area (Å²) in [6, 6.07) is 8.00. The number of guanidine groups is 1. The number of nitrogens with zero attached hydrogens (tertiary/aromatic N) is 4. The van der Waals surface area contributed by atoms with Crippen LogP contribution in [0.15, 0.2) is 41.4 Å². The van der Waals surface area contributed by atoms with Crippen molar-refractivity contribution in [3.8, 4) is 0 Å². The molecule has 0 unspecified atom stereocenters. The molecule has 0 spiro atoms. The first-order valence-electron chi connectivity index (χ1n) is 9.19. The highest BCUT2D eigenvalue weighted by molar-refractivity contribution is 14.0. The molecule has 0 aliphatic carbocycles. The van der Waals surface area contributed by atoms with E-state index in [1.165, 1.54) is 5.56 Å². The number of hydrogen-bond acceptors (Lipinski definition) is 3. The van der Waals surface area contributed by atoms with Gasteiger partial charge >= 0.3 is 0 Å². The highest BCUT2D eigenvalue weighted by Gasteiger charge is 2.20. The van der Waals surface area contributed by atoms with Gasteiger partial charge < -0.3 is 15.1 Å². The number of aliphatic imine (C=N–C) groups is 1. The van der Waals surface area contributed by atoms with E-state index in [1.807, 2.05) is 25.1 Å². The van der Waals surface area contributed by atoms with E-state index in [0.717, 1.165) is 49.3 Å². The molecule has 1 fully saturated rings. The standard InChI is InChI=1S/C20H30ClN5O.HI/c1-16(2)13-22-20(23-14-19(27)24(3)4)26-10-8-25(9-11-26)15-17-6-5-7-18(21)12-17;/h5-7,12H,1,8-11,13-15H2,2-4H3,(H,22,23);1H. The number of carbonyl (C=O) groups is 1. The number of hydrogen-bond donors (Lipinski definition) is 1. The van der Waals surface area contributed by atoms with Gasteiger partial charge in [0.1, 0.15) is 6.54 Å². The van der Waals surface area contributed by atoms with Gasteiger partial charge in [0.15, 0.2) is 5.96 Å². The maximum Gasteiger partial charge on any atom is 0.243 e. The zero-order chi connectivity index (χ0) is 19.8. The molecule has 8 heteroatoms. The molecule has 0 atom stereocenters. The summed E-state index contributed by atoms with van der Waals surface area (Å²) in [5, 5.41) is 4.10. The average molecular weight is 520 g/mol. The normalized spacial score (nSPS) is 15.0. The number of nitrogens with one attached hydrogen (secondary N) is 1. The molecule has 1 amide bonds. The molecule has 1 aromatic rings. The Hall–Kier alpha value is -1.32. The smallest absolute Gasteiger partial charge is 0.243 e. The quantitative estimate of drug-likeness (QED) is 0.272. The van der Waals surface area contributed by atoms with Crippen LogP contribution in [0, 0.1) is 0 Å². The van der Waals surface area contributed by atoms with Crippen LogP contribution in [-0.2, 0) is 11.3 Å². The number of likely N-dealkylation sites (N-methyl/N-ethyl adjacent to an activating group) is 1. The monoisotopic (exact) mass is 519 g/mol. The summed E-state index contributed by atoms with van der Waals surface area (Å²) in [6.45, 7) is 11.2. The molecule has 0 bridgehead atoms. The number of amides is 1. The zero-order valence-corrected chi connectivity index (χ0v) is 20.0. The van der Waals surface area contributed by atoms with Crippen LogP contribution < -0.4 is 5.32 Å². The summed E-state index contributed by atoms with van der Waals surface area (Å²) in [4.78, 5) is 22.6. The van der Waals surface area contributed by atoms with Crippen LogP contribution in [-0.4, -0.2) is 79.9 Å². The predicted molar refractivity (Wildman–Crippen MR) is 128 cm³/mol. The van der Waals surface area contributed by atoms with Gasteiger partial charge in [-0.15, -0.1) is 24.0 Å². The van der Waals surface area contributed by atoms with E-state index in [2.05, 4.69) is 32.8 Å². The van der Waals surface area contributed by atoms with Crippen LogP contribution in [0.1, 0.15) is 12.5 Å². The largest absolute Gasteiger partial charge is 0.353 e. The van der Waals surface area contributed by atoms with Crippen molar-refractivity contribution in [1.82, 2.24) is 20.0 Å². The highest BCUT2D eigenvalue weighted by Crippen LogP contribution is 2.14. The first kappa shape index (κ1) is 24.7. The summed E-state index contributed by atoms with van der Waals surface area (Å²) < 4.78 is 0. The van der Waals surface area contributed by atoms with Gasteiger partial charge in [0.25, 0.3) is 0 Å². The average Bonchev–Trinajstić information content (AvgIpc) is 2.62. The number of piperazine rings is 1. The van der Waals surface area contributed by atoms with Crippen molar-refractivity contribution in [3.63, 3.8) is 0 Å². The van der Waals surface area contributed by atoms with Crippen molar-refractivity contribution in [2.75, 3.05) is 53.4 Å². The lowest BCUT2D eigenvalue weighted by molar-refractivity contribution is -0.127. The number of carbonyl (C=O) groups excluding carboxylic acids is 1. The van der Waals surface area contributed by atoms with Crippen LogP contribution in [0.2, 0.25) is 5.02 Å². The maximum absolute atomic E-state index is 11.9. The number of halogens is 2. The van der Waals surface area contributed by atoms with Gasteiger partial charge in [-0.2, -0.15) is 0 Å². The molecule has 0 radical (unpaired) electrons. The molecule has 1 aliphatic rings. The molecule has 1 N–H and O–H groups in total. The van der Waals surface area contributed by atoms with Crippen LogP contribution >= 0.6 is 35.6 Å². The van der Waals surface area contributed by atoms with E-state index in [1.54, 1.807) is 19.0 Å². The van der Waals surface area contributed by atoms with E-state index in [9.17, 15) is 4.79 Å². The lowest BCUT2D eigenvalue weighted by Gasteiger charge is -2.36. The molecule has 1 heterocycles. The second-order valence-electron chi connectivity index (χ2n) is 7.13. The predicted octanol–water partition coefficient (Wildman–Crippen LogP) is 2.69. The second-order valence-corrected chi connectivity index (χ2v) is 7.57. The van der Waals surface area contributed by atoms with E-state index < -0.39 is 0 Å². The second kappa shape index (κ2) is 12.3. The van der Waals surface area contributed by atoms with Crippen molar-refractivity contribution in [2.45, 2.75) is 13.5 Å². The minimum atomic E-state index is -0.00998. The van der Waals surface area contributed by atoms with Crippen molar-refractivity contribution < 1.29 is 4.79 Å². The molecular weight excluding hydrogens is 489 g/mol. The number of rotatable bonds is 6. The minimum Gasteiger partial charge on any atom is -0.353 e. The highest BCUT2D eigenvalue weighted by atomic mass is 127. The number of benzene rings is 1. The van der Waals surface area contributed by atoms with Crippen LogP contribution in [0.3, 0.4) is 0 Å². The van der Waals surface area contributed by atoms with Crippen LogP contribution in [0.4, 0.5) is 0 Å². The molecule has 1 saturated heterocycles. The Kier molecular flexibility index (Phi) is 10.8. The first-order valence-corrected chi connectivity index (χ1v) is 9.57. The van der Waals surface area contributed by atoms with Gasteiger partial charge in [0, 0.05) is 58.4 Å². The van der Waals surface area contributed by atoms with E-state index >= 15 is 0 Å². The molecule has 156 valence electrons. The third-order valence-corrected chi connectivity index (χ3v) is 4.61. The van der Waals surface area contributed by atoms with Crippen LogP contribution in [0.25, 0.3) is 0 Å². The van der Waals surface area contributed by atoms with E-state index in [0.29, 0.717) is 6.54 Å². The topological polar surface area (TPSA) is 51.2 Å². The molecule has 2 rings (SSSR count). The van der Waals surface area contributed by atoms with E-state index in [4.69, 9.17) is 11.6 Å². The Morgan fingerprint density at radius 1 is 1.29 bits per heavy atom. The summed E-state index contributed by atoms with van der Waals surface area (Å²) >= 11 is 6.08. The van der Waals surface area contributed by atoms with Crippen molar-refractivity contribution in [2.24, 2.45) is 4.99 Å². The fourth-order valence-corrected chi connectivity index (χ4v) is 3.01. The Labute approximate surface area is 190 Å². The lowest BCUT2D eigenvalue weighted by atomic mass is 10.2. The first-order chi connectivity index (χ1) is 12.8. The van der Waals surface area contributed by atoms with Crippen molar-refractivity contribution >= 4 is 47.4 Å². The molecule has 1 aromatic carbocycles. The maximum atomic E-state index is 11.9.